The molecule has 0 fully saturated rings. The minimum absolute atomic E-state index is 0.0563. The van der Waals surface area contributed by atoms with Crippen LogP contribution in [0.2, 0.25) is 0 Å². The highest BCUT2D eigenvalue weighted by molar-refractivity contribution is 5.19. The fraction of sp³-hybridized carbons (Fsp3) is 0.273. The Morgan fingerprint density at radius 1 is 1.54 bits per heavy atom. The zero-order chi connectivity index (χ0) is 9.52. The van der Waals surface area contributed by atoms with Gasteiger partial charge in [-0.05, 0) is 19.1 Å². The Morgan fingerprint density at radius 3 is 2.77 bits per heavy atom. The van der Waals surface area contributed by atoms with Crippen LogP contribution < -0.4 is 0 Å². The zero-order valence-electron chi connectivity index (χ0n) is 7.64. The van der Waals surface area contributed by atoms with E-state index in [9.17, 15) is 0 Å². The molecular weight excluding hydrogens is 160 g/mol. The van der Waals surface area contributed by atoms with Crippen molar-refractivity contribution in [1.82, 2.24) is 4.98 Å². The Labute approximate surface area is 78.8 Å². The van der Waals surface area contributed by atoms with Crippen LogP contribution in [0.25, 0.3) is 4.85 Å². The predicted molar refractivity (Wildman–Crippen MR) is 53.0 cm³/mol. The van der Waals surface area contributed by atoms with E-state index in [1.807, 2.05) is 31.2 Å². The van der Waals surface area contributed by atoms with Gasteiger partial charge in [0, 0.05) is 24.4 Å². The quantitative estimate of drug-likeness (QED) is 0.506. The number of hydrogen-bond donors (Lipinski definition) is 0. The molecule has 0 spiro atoms. The third kappa shape index (κ3) is 2.72. The molecule has 1 aromatic rings. The molecule has 66 valence electrons. The molecule has 1 aromatic heterocycles. The molecule has 13 heavy (non-hydrogen) atoms. The molecule has 0 aliphatic carbocycles. The summed E-state index contributed by atoms with van der Waals surface area (Å²) in [5.41, 5.74) is 1.04. The number of allylic oxidation sites excluding steroid dienone is 1. The summed E-state index contributed by atoms with van der Waals surface area (Å²) in [5.74, 6) is 0. The lowest BCUT2D eigenvalue weighted by Gasteiger charge is -2.01. The summed E-state index contributed by atoms with van der Waals surface area (Å²) in [4.78, 5) is 7.49. The van der Waals surface area contributed by atoms with Gasteiger partial charge in [-0.3, -0.25) is 4.98 Å². The van der Waals surface area contributed by atoms with Gasteiger partial charge < -0.3 is 4.85 Å². The van der Waals surface area contributed by atoms with Crippen LogP contribution in [0.15, 0.2) is 36.7 Å². The van der Waals surface area contributed by atoms with Gasteiger partial charge in [0.05, 0.1) is 0 Å². The highest BCUT2D eigenvalue weighted by atomic mass is 14.7. The second kappa shape index (κ2) is 5.10. The molecule has 0 aliphatic rings. The summed E-state index contributed by atoms with van der Waals surface area (Å²) in [6.07, 6.45) is 8.22. The lowest BCUT2D eigenvalue weighted by molar-refractivity contribution is 0.854. The Kier molecular flexibility index (Phi) is 3.72. The molecule has 0 saturated heterocycles. The molecule has 1 heterocycles. The van der Waals surface area contributed by atoms with Crippen LogP contribution in [0.5, 0.6) is 0 Å². The maximum absolute atomic E-state index is 7.05. The van der Waals surface area contributed by atoms with Crippen molar-refractivity contribution >= 4 is 0 Å². The molecule has 2 nitrogen and oxygen atoms in total. The number of nitrogens with zero attached hydrogens (tertiary/aromatic N) is 2. The van der Waals surface area contributed by atoms with Crippen molar-refractivity contribution < 1.29 is 0 Å². The van der Waals surface area contributed by atoms with E-state index in [1.54, 1.807) is 12.4 Å². The first-order valence-corrected chi connectivity index (χ1v) is 4.26. The first-order valence-electron chi connectivity index (χ1n) is 4.26. The van der Waals surface area contributed by atoms with Gasteiger partial charge in [-0.25, -0.2) is 6.57 Å². The average molecular weight is 172 g/mol. The Bertz CT molecular complexity index is 309. The summed E-state index contributed by atoms with van der Waals surface area (Å²) in [6, 6.07) is 3.73. The third-order valence-corrected chi connectivity index (χ3v) is 1.84. The SMILES string of the molecule is [C-]#[N+]C(C/C=C/C)c1ccncc1. The highest BCUT2D eigenvalue weighted by Gasteiger charge is 2.12. The average Bonchev–Trinajstić information content (AvgIpc) is 2.21. The van der Waals surface area contributed by atoms with Crippen LogP contribution in [0.3, 0.4) is 0 Å². The second-order valence-electron chi connectivity index (χ2n) is 2.73. The predicted octanol–water partition coefficient (Wildman–Crippen LogP) is 3.01. The van der Waals surface area contributed by atoms with Crippen molar-refractivity contribution in [2.24, 2.45) is 0 Å². The van der Waals surface area contributed by atoms with E-state index in [0.29, 0.717) is 0 Å². The molecular formula is C11H12N2. The highest BCUT2D eigenvalue weighted by Crippen LogP contribution is 2.20. The van der Waals surface area contributed by atoms with Crippen LogP contribution in [0, 0.1) is 6.57 Å². The molecule has 0 N–H and O–H groups in total. The number of pyridine rings is 1. The molecule has 2 heteroatoms. The minimum atomic E-state index is -0.0563. The van der Waals surface area contributed by atoms with E-state index >= 15 is 0 Å². The van der Waals surface area contributed by atoms with Crippen LogP contribution in [0.1, 0.15) is 24.9 Å². The van der Waals surface area contributed by atoms with Crippen LogP contribution >= 0.6 is 0 Å². The van der Waals surface area contributed by atoms with Crippen LogP contribution in [-0.2, 0) is 0 Å². The Balaban J connectivity index is 2.74. The summed E-state index contributed by atoms with van der Waals surface area (Å²) in [5, 5.41) is 0. The zero-order valence-corrected chi connectivity index (χ0v) is 7.64. The van der Waals surface area contributed by atoms with Crippen molar-refractivity contribution in [3.63, 3.8) is 0 Å². The summed E-state index contributed by atoms with van der Waals surface area (Å²) < 4.78 is 0. The molecule has 1 unspecified atom stereocenters. The minimum Gasteiger partial charge on any atom is -0.308 e. The van der Waals surface area contributed by atoms with E-state index in [0.717, 1.165) is 12.0 Å². The molecule has 0 amide bonds. The van der Waals surface area contributed by atoms with Crippen molar-refractivity contribution in [3.05, 3.63) is 53.7 Å². The lowest BCUT2D eigenvalue weighted by atomic mass is 10.1. The van der Waals surface area contributed by atoms with Gasteiger partial charge in [0.1, 0.15) is 0 Å². The first-order chi connectivity index (χ1) is 6.38. The summed E-state index contributed by atoms with van der Waals surface area (Å²) in [7, 11) is 0. The van der Waals surface area contributed by atoms with Gasteiger partial charge in [0.2, 0.25) is 0 Å². The van der Waals surface area contributed by atoms with E-state index in [4.69, 9.17) is 6.57 Å². The standard InChI is InChI=1S/C11H12N2/c1-3-4-5-11(12-2)10-6-8-13-9-7-10/h3-4,6-9,11H,5H2,1H3/b4-3+. The summed E-state index contributed by atoms with van der Waals surface area (Å²) >= 11 is 0. The molecule has 1 rings (SSSR count). The maximum atomic E-state index is 7.05. The van der Waals surface area contributed by atoms with Crippen LogP contribution in [-0.4, -0.2) is 4.98 Å². The van der Waals surface area contributed by atoms with Gasteiger partial charge >= 0.3 is 0 Å². The normalized spacial score (nSPS) is 12.6. The number of hydrogen-bond acceptors (Lipinski definition) is 1. The van der Waals surface area contributed by atoms with Gasteiger partial charge in [-0.15, -0.1) is 0 Å². The molecule has 0 aliphatic heterocycles. The van der Waals surface area contributed by atoms with Gasteiger partial charge in [0.15, 0.2) is 0 Å². The maximum Gasteiger partial charge on any atom is 0.252 e. The number of aromatic nitrogens is 1. The van der Waals surface area contributed by atoms with E-state index in [1.165, 1.54) is 0 Å². The van der Waals surface area contributed by atoms with Crippen molar-refractivity contribution in [2.75, 3.05) is 0 Å². The molecule has 0 aromatic carbocycles. The summed E-state index contributed by atoms with van der Waals surface area (Å²) in [6.45, 7) is 9.01. The smallest absolute Gasteiger partial charge is 0.252 e. The van der Waals surface area contributed by atoms with Gasteiger partial charge in [-0.2, -0.15) is 0 Å². The van der Waals surface area contributed by atoms with E-state index < -0.39 is 0 Å². The number of rotatable bonds is 3. The molecule has 1 atom stereocenters. The lowest BCUT2D eigenvalue weighted by Crippen LogP contribution is -1.91. The largest absolute Gasteiger partial charge is 0.308 e. The topological polar surface area (TPSA) is 17.2 Å². The second-order valence-corrected chi connectivity index (χ2v) is 2.73. The monoisotopic (exact) mass is 172 g/mol. The van der Waals surface area contributed by atoms with E-state index in [-0.39, 0.29) is 6.04 Å². The molecule has 0 saturated carbocycles. The Morgan fingerprint density at radius 2 is 2.23 bits per heavy atom. The fourth-order valence-electron chi connectivity index (χ4n) is 1.11. The van der Waals surface area contributed by atoms with Gasteiger partial charge in [0.25, 0.3) is 6.04 Å². The first kappa shape index (κ1) is 9.47. The van der Waals surface area contributed by atoms with Gasteiger partial charge in [-0.1, -0.05) is 12.2 Å². The van der Waals surface area contributed by atoms with Crippen LogP contribution in [0.4, 0.5) is 0 Å². The fourth-order valence-corrected chi connectivity index (χ4v) is 1.11. The van der Waals surface area contributed by atoms with Crippen molar-refractivity contribution in [1.29, 1.82) is 0 Å². The Hall–Kier alpha value is -1.62. The van der Waals surface area contributed by atoms with Crippen molar-refractivity contribution in [3.8, 4) is 0 Å². The molecule has 0 bridgehead atoms. The third-order valence-electron chi connectivity index (χ3n) is 1.84. The van der Waals surface area contributed by atoms with Crippen molar-refractivity contribution in [2.45, 2.75) is 19.4 Å². The van der Waals surface area contributed by atoms with E-state index in [2.05, 4.69) is 9.83 Å². The molecule has 0 radical (unpaired) electrons.